The zero-order valence-electron chi connectivity index (χ0n) is 12.4. The number of rotatable bonds is 14. The first-order valence-corrected chi connectivity index (χ1v) is 12.7. The minimum absolute atomic E-state index is 0.361. The number of hydrogen-bond donors (Lipinski definition) is 0. The van der Waals surface area contributed by atoms with Crippen LogP contribution >= 0.6 is 16.5 Å². The fourth-order valence-corrected chi connectivity index (χ4v) is 6.79. The average Bonchev–Trinajstić information content (AvgIpc) is 2.35. The Morgan fingerprint density at radius 3 is 1.82 bits per heavy atom. The van der Waals surface area contributed by atoms with Gasteiger partial charge in [-0.25, -0.2) is 0 Å². The van der Waals surface area contributed by atoms with Crippen LogP contribution in [0.15, 0.2) is 0 Å². The Bertz CT molecular complexity index is 112. The van der Waals surface area contributed by atoms with Gasteiger partial charge in [0.05, 0.1) is 0 Å². The maximum atomic E-state index is 2.30. The molecule has 1 atom stereocenters. The van der Waals surface area contributed by atoms with Crippen LogP contribution in [0.4, 0.5) is 0 Å². The molecule has 17 heavy (non-hydrogen) atoms. The Labute approximate surface area is 114 Å². The van der Waals surface area contributed by atoms with Gasteiger partial charge in [0.1, 0.15) is 0 Å². The van der Waals surface area contributed by atoms with Crippen LogP contribution in [0.1, 0.15) is 84.5 Å². The first kappa shape index (κ1) is 17.9. The molecule has 0 aromatic heterocycles. The van der Waals surface area contributed by atoms with E-state index in [4.69, 9.17) is 0 Å². The van der Waals surface area contributed by atoms with Crippen LogP contribution in [0.25, 0.3) is 0 Å². The third-order valence-electron chi connectivity index (χ3n) is 3.41. The first-order chi connectivity index (χ1) is 8.41. The number of unbranched alkanes of at least 4 members (excludes halogenated alkanes) is 9. The SMILES string of the molecule is CCCCCCCCP[PH3]CCCCCCC. The summed E-state index contributed by atoms with van der Waals surface area (Å²) in [5, 5.41) is 0. The topological polar surface area (TPSA) is 0 Å². The molecule has 0 bridgehead atoms. The van der Waals surface area contributed by atoms with Crippen molar-refractivity contribution >= 4 is 16.5 Å². The van der Waals surface area contributed by atoms with Crippen LogP contribution in [0.5, 0.6) is 0 Å². The van der Waals surface area contributed by atoms with Crippen molar-refractivity contribution in [1.82, 2.24) is 0 Å². The second-order valence-corrected chi connectivity index (χ2v) is 10.5. The van der Waals surface area contributed by atoms with Crippen LogP contribution in [-0.4, -0.2) is 12.3 Å². The third kappa shape index (κ3) is 16.9. The molecule has 106 valence electrons. The van der Waals surface area contributed by atoms with E-state index in [9.17, 15) is 0 Å². The second kappa shape index (κ2) is 16.9. The molecule has 0 rings (SSSR count). The molecular weight excluding hydrogens is 242 g/mol. The van der Waals surface area contributed by atoms with Gasteiger partial charge in [0, 0.05) is 0 Å². The summed E-state index contributed by atoms with van der Waals surface area (Å²) in [6, 6.07) is 0. The molecule has 0 aromatic carbocycles. The summed E-state index contributed by atoms with van der Waals surface area (Å²) in [7, 11) is 1.76. The van der Waals surface area contributed by atoms with E-state index in [-0.39, 0.29) is 0 Å². The normalized spacial score (nSPS) is 11.9. The molecule has 1 unspecified atom stereocenters. The Hall–Kier alpha value is 0.860. The van der Waals surface area contributed by atoms with Gasteiger partial charge in [-0.1, -0.05) is 0 Å². The second-order valence-electron chi connectivity index (χ2n) is 5.29. The summed E-state index contributed by atoms with van der Waals surface area (Å²) in [6.45, 7) is 4.60. The van der Waals surface area contributed by atoms with Crippen molar-refractivity contribution in [2.75, 3.05) is 12.3 Å². The predicted molar refractivity (Wildman–Crippen MR) is 91.3 cm³/mol. The fraction of sp³-hybridized carbons (Fsp3) is 1.00. The molecule has 0 aromatic rings. The first-order valence-electron chi connectivity index (χ1n) is 8.12. The molecular formula is C15H36P2. The molecule has 0 aliphatic carbocycles. The fourth-order valence-electron chi connectivity index (χ4n) is 2.19. The van der Waals surface area contributed by atoms with E-state index >= 15 is 0 Å². The summed E-state index contributed by atoms with van der Waals surface area (Å²) in [5.74, 6) is 0. The van der Waals surface area contributed by atoms with Gasteiger partial charge in [0.15, 0.2) is 0 Å². The molecule has 0 saturated carbocycles. The van der Waals surface area contributed by atoms with Gasteiger partial charge in [-0.15, -0.1) is 0 Å². The van der Waals surface area contributed by atoms with Gasteiger partial charge in [-0.05, 0) is 0 Å². The standard InChI is InChI=1S/C15H36P2/c1-3-5-7-9-11-13-15-17-16-14-12-10-8-6-4-2/h17H,3-15H2,1-2,16H3. The Morgan fingerprint density at radius 2 is 1.18 bits per heavy atom. The molecule has 0 aliphatic heterocycles. The molecule has 0 fully saturated rings. The van der Waals surface area contributed by atoms with Crippen molar-refractivity contribution in [2.45, 2.75) is 84.5 Å². The van der Waals surface area contributed by atoms with Crippen molar-refractivity contribution in [3.05, 3.63) is 0 Å². The van der Waals surface area contributed by atoms with E-state index in [0.29, 0.717) is 8.27 Å². The summed E-state index contributed by atoms with van der Waals surface area (Å²) < 4.78 is 0. The zero-order valence-corrected chi connectivity index (χ0v) is 14.8. The third-order valence-corrected chi connectivity index (χ3v) is 8.51. The van der Waals surface area contributed by atoms with Crippen molar-refractivity contribution < 1.29 is 0 Å². The minimum atomic E-state index is 0.361. The van der Waals surface area contributed by atoms with Crippen LogP contribution < -0.4 is 0 Å². The van der Waals surface area contributed by atoms with Gasteiger partial charge < -0.3 is 0 Å². The van der Waals surface area contributed by atoms with Crippen LogP contribution in [0.3, 0.4) is 0 Å². The molecule has 0 nitrogen and oxygen atoms in total. The molecule has 0 aliphatic rings. The van der Waals surface area contributed by atoms with Gasteiger partial charge in [0.2, 0.25) is 0 Å². The van der Waals surface area contributed by atoms with E-state index in [1.807, 2.05) is 0 Å². The Kier molecular flexibility index (Phi) is 17.7. The number of hydrogen-bond acceptors (Lipinski definition) is 0. The van der Waals surface area contributed by atoms with Crippen LogP contribution in [-0.2, 0) is 0 Å². The van der Waals surface area contributed by atoms with E-state index in [1.54, 1.807) is 18.7 Å². The monoisotopic (exact) mass is 278 g/mol. The van der Waals surface area contributed by atoms with Crippen LogP contribution in [0, 0.1) is 0 Å². The Morgan fingerprint density at radius 1 is 0.647 bits per heavy atom. The maximum absolute atomic E-state index is 2.30. The average molecular weight is 278 g/mol. The van der Waals surface area contributed by atoms with Crippen molar-refractivity contribution in [1.29, 1.82) is 0 Å². The quantitative estimate of drug-likeness (QED) is 0.268. The molecule has 0 spiro atoms. The summed E-state index contributed by atoms with van der Waals surface area (Å²) >= 11 is 0. The summed E-state index contributed by atoms with van der Waals surface area (Å²) in [6.07, 6.45) is 19.5. The molecule has 0 N–H and O–H groups in total. The van der Waals surface area contributed by atoms with Gasteiger partial charge in [-0.2, -0.15) is 0 Å². The summed E-state index contributed by atoms with van der Waals surface area (Å²) in [4.78, 5) is 0. The molecule has 0 radical (unpaired) electrons. The van der Waals surface area contributed by atoms with Crippen molar-refractivity contribution in [3.8, 4) is 0 Å². The summed E-state index contributed by atoms with van der Waals surface area (Å²) in [5.41, 5.74) is 0. The van der Waals surface area contributed by atoms with Crippen molar-refractivity contribution in [2.24, 2.45) is 0 Å². The van der Waals surface area contributed by atoms with E-state index < -0.39 is 0 Å². The van der Waals surface area contributed by atoms with Gasteiger partial charge in [0.25, 0.3) is 0 Å². The molecule has 0 heterocycles. The zero-order chi connectivity index (χ0) is 12.6. The molecule has 0 saturated heterocycles. The van der Waals surface area contributed by atoms with Crippen LogP contribution in [0.2, 0.25) is 0 Å². The molecule has 0 amide bonds. The van der Waals surface area contributed by atoms with Crippen molar-refractivity contribution in [3.63, 3.8) is 0 Å². The van der Waals surface area contributed by atoms with E-state index in [2.05, 4.69) is 13.8 Å². The Balaban J connectivity index is 2.85. The van der Waals surface area contributed by atoms with E-state index in [1.165, 1.54) is 72.5 Å². The van der Waals surface area contributed by atoms with Gasteiger partial charge in [-0.3, -0.25) is 0 Å². The predicted octanol–water partition coefficient (Wildman–Crippen LogP) is 6.05. The van der Waals surface area contributed by atoms with Gasteiger partial charge >= 0.3 is 113 Å². The van der Waals surface area contributed by atoms with E-state index in [0.717, 1.165) is 0 Å². The molecule has 2 heteroatoms.